The molecule has 7 nitrogen and oxygen atoms in total. The van der Waals surface area contributed by atoms with Gasteiger partial charge in [-0.15, -0.1) is 0 Å². The van der Waals surface area contributed by atoms with Crippen LogP contribution in [0.15, 0.2) is 72.8 Å². The average Bonchev–Trinajstić information content (AvgIpc) is 3.60. The zero-order valence-corrected chi connectivity index (χ0v) is 20.3. The molecular weight excluding hydrogens is 468 g/mol. The lowest BCUT2D eigenvalue weighted by molar-refractivity contribution is -0.160. The summed E-state index contributed by atoms with van der Waals surface area (Å²) in [6.07, 6.45) is 2.99. The zero-order valence-electron chi connectivity index (χ0n) is 20.3. The molecule has 0 radical (unpaired) electrons. The van der Waals surface area contributed by atoms with Crippen LogP contribution in [0.5, 0.6) is 0 Å². The van der Waals surface area contributed by atoms with E-state index >= 15 is 0 Å². The standard InChI is InChI=1S/C30H28N2O5/c33-25(31-23-12-6-10-19-9-4-5-11-22(19)23)17-37-30(36)24(15-18-7-2-1-3-8-18)32-28(34)26-20-13-14-21(16-20)27(26)29(32)35/h1-12,20-21,24,26-27H,13-17H2,(H,31,33)/t20-,21-,24-,26-,27-/m0/s1. The molecule has 5 atom stereocenters. The summed E-state index contributed by atoms with van der Waals surface area (Å²) >= 11 is 0. The predicted octanol–water partition coefficient (Wildman–Crippen LogP) is 3.96. The van der Waals surface area contributed by atoms with Crippen LogP contribution in [-0.4, -0.2) is 41.2 Å². The second-order valence-electron chi connectivity index (χ2n) is 10.3. The van der Waals surface area contributed by atoms with Gasteiger partial charge >= 0.3 is 5.97 Å². The van der Waals surface area contributed by atoms with Crippen molar-refractivity contribution in [1.82, 2.24) is 4.90 Å². The van der Waals surface area contributed by atoms with E-state index in [0.717, 1.165) is 40.5 Å². The Morgan fingerprint density at radius 1 is 0.865 bits per heavy atom. The number of ether oxygens (including phenoxy) is 1. The first-order valence-electron chi connectivity index (χ1n) is 12.9. The second kappa shape index (κ2) is 9.47. The third-order valence-corrected chi connectivity index (χ3v) is 8.23. The highest BCUT2D eigenvalue weighted by molar-refractivity contribution is 6.09. The number of carbonyl (C=O) groups excluding carboxylic acids is 4. The molecule has 2 bridgehead atoms. The summed E-state index contributed by atoms with van der Waals surface area (Å²) in [6.45, 7) is -0.512. The second-order valence-corrected chi connectivity index (χ2v) is 10.3. The summed E-state index contributed by atoms with van der Waals surface area (Å²) in [7, 11) is 0. The number of nitrogens with zero attached hydrogens (tertiary/aromatic N) is 1. The van der Waals surface area contributed by atoms with Gasteiger partial charge in [0.05, 0.1) is 11.8 Å². The number of likely N-dealkylation sites (tertiary alicyclic amines) is 1. The Morgan fingerprint density at radius 3 is 2.24 bits per heavy atom. The number of benzene rings is 3. The molecule has 2 aliphatic carbocycles. The van der Waals surface area contributed by atoms with Crippen LogP contribution in [-0.2, 0) is 30.3 Å². The van der Waals surface area contributed by atoms with Crippen molar-refractivity contribution in [3.63, 3.8) is 0 Å². The Bertz CT molecular complexity index is 1350. The fourth-order valence-electron chi connectivity index (χ4n) is 6.61. The van der Waals surface area contributed by atoms with E-state index < -0.39 is 24.5 Å². The van der Waals surface area contributed by atoms with E-state index in [1.54, 1.807) is 6.07 Å². The van der Waals surface area contributed by atoms with Crippen molar-refractivity contribution >= 4 is 40.2 Å². The average molecular weight is 497 g/mol. The van der Waals surface area contributed by atoms with Crippen molar-refractivity contribution in [3.05, 3.63) is 78.4 Å². The summed E-state index contributed by atoms with van der Waals surface area (Å²) in [5, 5.41) is 4.66. The molecule has 1 heterocycles. The molecule has 3 fully saturated rings. The van der Waals surface area contributed by atoms with Gasteiger partial charge in [-0.25, -0.2) is 4.79 Å². The molecule has 1 aliphatic heterocycles. The van der Waals surface area contributed by atoms with Crippen LogP contribution in [0.25, 0.3) is 10.8 Å². The Labute approximate surface area is 214 Å². The monoisotopic (exact) mass is 496 g/mol. The molecule has 1 N–H and O–H groups in total. The third kappa shape index (κ3) is 4.18. The topological polar surface area (TPSA) is 92.8 Å². The highest BCUT2D eigenvalue weighted by Gasteiger charge is 2.62. The number of carbonyl (C=O) groups is 4. The van der Waals surface area contributed by atoms with E-state index in [9.17, 15) is 19.2 Å². The molecule has 1 saturated heterocycles. The Balaban J connectivity index is 1.19. The SMILES string of the molecule is O=C(COC(=O)[C@H](Cc1ccccc1)N1C(=O)[C@H]2[C@H]3CC[C@@H](C3)[C@@H]2C1=O)Nc1cccc2ccccc12. The van der Waals surface area contributed by atoms with Crippen molar-refractivity contribution in [2.75, 3.05) is 11.9 Å². The van der Waals surface area contributed by atoms with Crippen LogP contribution in [0, 0.1) is 23.7 Å². The summed E-state index contributed by atoms with van der Waals surface area (Å²) in [6, 6.07) is 21.4. The van der Waals surface area contributed by atoms with Crippen LogP contribution < -0.4 is 5.32 Å². The number of hydrogen-bond acceptors (Lipinski definition) is 5. The maximum absolute atomic E-state index is 13.4. The lowest BCUT2D eigenvalue weighted by Crippen LogP contribution is -2.48. The molecule has 2 saturated carbocycles. The molecule has 3 amide bonds. The molecular formula is C30H28N2O5. The van der Waals surface area contributed by atoms with Crippen molar-refractivity contribution in [1.29, 1.82) is 0 Å². The number of hydrogen-bond donors (Lipinski definition) is 1. The van der Waals surface area contributed by atoms with Crippen molar-refractivity contribution in [2.24, 2.45) is 23.7 Å². The van der Waals surface area contributed by atoms with E-state index in [4.69, 9.17) is 4.74 Å². The number of nitrogens with one attached hydrogen (secondary N) is 1. The summed E-state index contributed by atoms with van der Waals surface area (Å²) in [4.78, 5) is 54.1. The van der Waals surface area contributed by atoms with Crippen LogP contribution in [0.4, 0.5) is 5.69 Å². The van der Waals surface area contributed by atoms with Gasteiger partial charge in [-0.2, -0.15) is 0 Å². The van der Waals surface area contributed by atoms with Gasteiger partial charge in [-0.3, -0.25) is 19.3 Å². The van der Waals surface area contributed by atoms with Crippen molar-refractivity contribution in [2.45, 2.75) is 31.7 Å². The molecule has 7 heteroatoms. The zero-order chi connectivity index (χ0) is 25.5. The van der Waals surface area contributed by atoms with Gasteiger partial charge in [-0.05, 0) is 48.1 Å². The Hall–Kier alpha value is -4.00. The quantitative estimate of drug-likeness (QED) is 0.395. The minimum absolute atomic E-state index is 0.150. The highest BCUT2D eigenvalue weighted by Crippen LogP contribution is 2.56. The van der Waals surface area contributed by atoms with E-state index in [0.29, 0.717) is 5.69 Å². The molecule has 0 aromatic heterocycles. The highest BCUT2D eigenvalue weighted by atomic mass is 16.5. The number of fused-ring (bicyclic) bond motifs is 6. The summed E-state index contributed by atoms with van der Waals surface area (Å²) in [5.41, 5.74) is 1.43. The summed E-state index contributed by atoms with van der Waals surface area (Å²) in [5.74, 6) is -1.98. The first-order valence-corrected chi connectivity index (χ1v) is 12.9. The molecule has 3 aromatic rings. The van der Waals surface area contributed by atoms with Gasteiger partial charge in [0.2, 0.25) is 11.8 Å². The number of rotatable bonds is 7. The number of esters is 1. The number of amides is 3. The lowest BCUT2D eigenvalue weighted by Gasteiger charge is -2.26. The van der Waals surface area contributed by atoms with Gasteiger partial charge in [0.15, 0.2) is 6.61 Å². The first-order chi connectivity index (χ1) is 18.0. The largest absolute Gasteiger partial charge is 0.454 e. The van der Waals surface area contributed by atoms with Crippen LogP contribution in [0.1, 0.15) is 24.8 Å². The predicted molar refractivity (Wildman–Crippen MR) is 137 cm³/mol. The van der Waals surface area contributed by atoms with Crippen molar-refractivity contribution < 1.29 is 23.9 Å². The Kier molecular flexibility index (Phi) is 5.99. The first kappa shape index (κ1) is 23.4. The Morgan fingerprint density at radius 2 is 1.51 bits per heavy atom. The van der Waals surface area contributed by atoms with Gasteiger partial charge < -0.3 is 10.1 Å². The molecule has 0 unspecified atom stereocenters. The van der Waals surface area contributed by atoms with Crippen LogP contribution in [0.3, 0.4) is 0 Å². The fourth-order valence-corrected chi connectivity index (χ4v) is 6.61. The minimum atomic E-state index is -1.10. The summed E-state index contributed by atoms with van der Waals surface area (Å²) < 4.78 is 5.43. The molecule has 0 spiro atoms. The van der Waals surface area contributed by atoms with E-state index in [1.165, 1.54) is 0 Å². The fraction of sp³-hybridized carbons (Fsp3) is 0.333. The molecule has 188 valence electrons. The normalized spacial score (nSPS) is 24.8. The number of imide groups is 1. The lowest BCUT2D eigenvalue weighted by atomic mass is 9.81. The van der Waals surface area contributed by atoms with Gasteiger partial charge in [0.25, 0.3) is 5.91 Å². The number of anilines is 1. The van der Waals surface area contributed by atoms with Gasteiger partial charge in [0.1, 0.15) is 6.04 Å². The third-order valence-electron chi connectivity index (χ3n) is 8.23. The van der Waals surface area contributed by atoms with Gasteiger partial charge in [-0.1, -0.05) is 66.7 Å². The smallest absolute Gasteiger partial charge is 0.330 e. The van der Waals surface area contributed by atoms with Gasteiger partial charge in [0, 0.05) is 17.5 Å². The maximum Gasteiger partial charge on any atom is 0.330 e. The molecule has 3 aliphatic rings. The molecule has 6 rings (SSSR count). The molecule has 37 heavy (non-hydrogen) atoms. The van der Waals surface area contributed by atoms with E-state index in [-0.39, 0.29) is 41.9 Å². The maximum atomic E-state index is 13.4. The van der Waals surface area contributed by atoms with E-state index in [2.05, 4.69) is 5.32 Å². The molecule has 3 aromatic carbocycles. The van der Waals surface area contributed by atoms with Crippen LogP contribution in [0.2, 0.25) is 0 Å². The minimum Gasteiger partial charge on any atom is -0.454 e. The van der Waals surface area contributed by atoms with E-state index in [1.807, 2.05) is 66.7 Å². The van der Waals surface area contributed by atoms with Crippen molar-refractivity contribution in [3.8, 4) is 0 Å². The van der Waals surface area contributed by atoms with Crippen LogP contribution >= 0.6 is 0 Å².